The minimum atomic E-state index is -3.84. The van der Waals surface area contributed by atoms with Crippen molar-refractivity contribution in [3.63, 3.8) is 0 Å². The molecule has 2 N–H and O–H groups in total. The molecule has 0 radical (unpaired) electrons. The monoisotopic (exact) mass is 502 g/mol. The summed E-state index contributed by atoms with van der Waals surface area (Å²) >= 11 is 6.10. The van der Waals surface area contributed by atoms with Crippen LogP contribution in [-0.2, 0) is 31.0 Å². The van der Waals surface area contributed by atoms with Crippen LogP contribution in [0.4, 0.5) is 0 Å². The van der Waals surface area contributed by atoms with E-state index in [-0.39, 0.29) is 22.9 Å². The maximum atomic E-state index is 13.3. The molecule has 0 spiro atoms. The number of sulfone groups is 2. The molecule has 9 nitrogen and oxygen atoms in total. The van der Waals surface area contributed by atoms with Gasteiger partial charge in [0.05, 0.1) is 9.79 Å². The van der Waals surface area contributed by atoms with Gasteiger partial charge in [-0.3, -0.25) is 4.90 Å². The van der Waals surface area contributed by atoms with Crippen LogP contribution in [0.5, 0.6) is 5.75 Å². The van der Waals surface area contributed by atoms with Crippen molar-refractivity contribution < 1.29 is 31.5 Å². The zero-order valence-corrected chi connectivity index (χ0v) is 19.6. The van der Waals surface area contributed by atoms with Crippen LogP contribution in [0.15, 0.2) is 52.3 Å². The van der Waals surface area contributed by atoms with Crippen LogP contribution in [0.1, 0.15) is 5.56 Å². The lowest BCUT2D eigenvalue weighted by Gasteiger charge is -2.36. The molecule has 0 saturated carbocycles. The lowest BCUT2D eigenvalue weighted by molar-refractivity contribution is -0.139. The van der Waals surface area contributed by atoms with Gasteiger partial charge in [0.15, 0.2) is 26.3 Å². The number of nitrogens with one attached hydrogen (secondary N) is 1. The van der Waals surface area contributed by atoms with Gasteiger partial charge in [-0.05, 0) is 42.5 Å². The van der Waals surface area contributed by atoms with Gasteiger partial charge >= 0.3 is 5.97 Å². The Kier molecular flexibility index (Phi) is 7.46. The summed E-state index contributed by atoms with van der Waals surface area (Å²) in [6.07, 6.45) is 1.05. The molecule has 2 aromatic carbocycles. The second-order valence-corrected chi connectivity index (χ2v) is 11.9. The Hall–Kier alpha value is -2.18. The second kappa shape index (κ2) is 9.75. The number of halogens is 1. The summed E-state index contributed by atoms with van der Waals surface area (Å²) in [5, 5.41) is 11.5. The van der Waals surface area contributed by atoms with E-state index in [0.29, 0.717) is 29.4 Å². The van der Waals surface area contributed by atoms with Crippen LogP contribution in [0, 0.1) is 0 Å². The van der Waals surface area contributed by atoms with Crippen molar-refractivity contribution in [1.29, 1.82) is 0 Å². The Bertz CT molecular complexity index is 1200. The first-order valence-electron chi connectivity index (χ1n) is 9.60. The Morgan fingerprint density at radius 2 is 1.81 bits per heavy atom. The summed E-state index contributed by atoms with van der Waals surface area (Å²) in [4.78, 5) is 12.7. The molecule has 1 aliphatic heterocycles. The summed E-state index contributed by atoms with van der Waals surface area (Å²) in [6.45, 7) is 0.774. The lowest BCUT2D eigenvalue weighted by atomic mass is 10.1. The molecule has 12 heteroatoms. The number of hydrogen-bond acceptors (Lipinski definition) is 8. The minimum absolute atomic E-state index is 0.0112. The van der Waals surface area contributed by atoms with Gasteiger partial charge in [0.2, 0.25) is 0 Å². The highest BCUT2D eigenvalue weighted by Gasteiger charge is 2.35. The first-order chi connectivity index (χ1) is 15.0. The molecule has 1 heterocycles. The molecule has 174 valence electrons. The molecule has 32 heavy (non-hydrogen) atoms. The Morgan fingerprint density at radius 1 is 1.16 bits per heavy atom. The van der Waals surface area contributed by atoms with Crippen LogP contribution in [0.3, 0.4) is 0 Å². The average molecular weight is 503 g/mol. The molecule has 0 aromatic heterocycles. The predicted octanol–water partition coefficient (Wildman–Crippen LogP) is 1.41. The molecule has 2 aromatic rings. The smallest absolute Gasteiger partial charge is 0.341 e. The molecule has 1 fully saturated rings. The van der Waals surface area contributed by atoms with Crippen LogP contribution >= 0.6 is 11.6 Å². The Balaban J connectivity index is 1.89. The van der Waals surface area contributed by atoms with E-state index in [4.69, 9.17) is 21.4 Å². The van der Waals surface area contributed by atoms with E-state index in [9.17, 15) is 21.6 Å². The van der Waals surface area contributed by atoms with Crippen molar-refractivity contribution in [2.75, 3.05) is 32.5 Å². The van der Waals surface area contributed by atoms with Gasteiger partial charge < -0.3 is 15.2 Å². The summed E-state index contributed by atoms with van der Waals surface area (Å²) in [5.41, 5.74) is 0.563. The van der Waals surface area contributed by atoms with Crippen molar-refractivity contribution >= 4 is 37.2 Å². The highest BCUT2D eigenvalue weighted by molar-refractivity contribution is 7.92. The summed E-state index contributed by atoms with van der Waals surface area (Å²) < 4.78 is 55.4. The fraction of sp³-hybridized carbons (Fsp3) is 0.350. The van der Waals surface area contributed by atoms with Crippen molar-refractivity contribution in [1.82, 2.24) is 10.2 Å². The van der Waals surface area contributed by atoms with E-state index in [1.807, 2.05) is 0 Å². The number of benzene rings is 2. The standard InChI is InChI=1S/C20H23ClN2O7S2/c1-31(26,27)16-3-5-17(6-4-16)32(28,29)19-11-22-8-9-23(19)12-14-10-15(21)2-7-18(14)30-13-20(24)25/h2-7,10,19,22H,8-9,11-13H2,1H3,(H,24,25). The summed E-state index contributed by atoms with van der Waals surface area (Å²) in [7, 11) is -7.29. The quantitative estimate of drug-likeness (QED) is 0.550. The highest BCUT2D eigenvalue weighted by atomic mass is 35.5. The van der Waals surface area contributed by atoms with Crippen molar-refractivity contribution in [2.24, 2.45) is 0 Å². The first kappa shape index (κ1) is 24.5. The molecule has 0 bridgehead atoms. The van der Waals surface area contributed by atoms with Crippen LogP contribution in [0.2, 0.25) is 5.02 Å². The Morgan fingerprint density at radius 3 is 2.44 bits per heavy atom. The summed E-state index contributed by atoms with van der Waals surface area (Å²) in [5.74, 6) is -0.824. The molecular weight excluding hydrogens is 480 g/mol. The molecule has 0 aliphatic carbocycles. The molecule has 3 rings (SSSR count). The van der Waals surface area contributed by atoms with E-state index in [1.54, 1.807) is 23.1 Å². The number of carbonyl (C=O) groups is 1. The summed E-state index contributed by atoms with van der Waals surface area (Å²) in [6, 6.07) is 9.87. The van der Waals surface area contributed by atoms with Gasteiger partial charge in [-0.2, -0.15) is 0 Å². The Labute approximate surface area is 191 Å². The number of aliphatic carboxylic acids is 1. The highest BCUT2D eigenvalue weighted by Crippen LogP contribution is 2.28. The maximum Gasteiger partial charge on any atom is 0.341 e. The van der Waals surface area contributed by atoms with Crippen LogP contribution < -0.4 is 10.1 Å². The number of hydrogen-bond donors (Lipinski definition) is 2. The zero-order chi connectivity index (χ0) is 23.5. The van der Waals surface area contributed by atoms with Gasteiger partial charge in [0, 0.05) is 43.0 Å². The molecule has 1 saturated heterocycles. The number of ether oxygens (including phenoxy) is 1. The van der Waals surface area contributed by atoms with E-state index in [0.717, 1.165) is 6.26 Å². The van der Waals surface area contributed by atoms with E-state index < -0.39 is 37.6 Å². The predicted molar refractivity (Wildman–Crippen MR) is 118 cm³/mol. The molecule has 0 amide bonds. The molecule has 1 atom stereocenters. The first-order valence-corrected chi connectivity index (χ1v) is 13.4. The lowest BCUT2D eigenvalue weighted by Crippen LogP contribution is -2.54. The fourth-order valence-electron chi connectivity index (χ4n) is 3.41. The van der Waals surface area contributed by atoms with Crippen molar-refractivity contribution in [3.8, 4) is 5.75 Å². The van der Waals surface area contributed by atoms with Gasteiger partial charge in [-0.15, -0.1) is 0 Å². The molecule has 1 aliphatic rings. The number of nitrogens with zero attached hydrogens (tertiary/aromatic N) is 1. The average Bonchev–Trinajstić information content (AvgIpc) is 2.73. The molecular formula is C20H23ClN2O7S2. The van der Waals surface area contributed by atoms with Crippen LogP contribution in [-0.4, -0.2) is 70.7 Å². The van der Waals surface area contributed by atoms with E-state index >= 15 is 0 Å². The van der Waals surface area contributed by atoms with Crippen LogP contribution in [0.25, 0.3) is 0 Å². The van der Waals surface area contributed by atoms with Gasteiger partial charge in [-0.25, -0.2) is 21.6 Å². The maximum absolute atomic E-state index is 13.3. The van der Waals surface area contributed by atoms with Gasteiger partial charge in [0.1, 0.15) is 11.1 Å². The van der Waals surface area contributed by atoms with Crippen molar-refractivity contribution in [3.05, 3.63) is 53.1 Å². The fourth-order valence-corrected chi connectivity index (χ4v) is 5.98. The van der Waals surface area contributed by atoms with Gasteiger partial charge in [0.25, 0.3) is 0 Å². The number of rotatable bonds is 8. The second-order valence-electron chi connectivity index (χ2n) is 7.35. The SMILES string of the molecule is CS(=O)(=O)c1ccc(S(=O)(=O)C2CNCCN2Cc2cc(Cl)ccc2OCC(=O)O)cc1. The third-order valence-corrected chi connectivity index (χ3v) is 8.46. The largest absolute Gasteiger partial charge is 0.482 e. The number of carboxylic acid groups (broad SMARTS) is 1. The normalized spacial score (nSPS) is 17.8. The topological polar surface area (TPSA) is 130 Å². The zero-order valence-electron chi connectivity index (χ0n) is 17.2. The van der Waals surface area contributed by atoms with E-state index in [2.05, 4.69) is 5.32 Å². The number of carboxylic acids is 1. The molecule has 1 unspecified atom stereocenters. The van der Waals surface area contributed by atoms with Crippen molar-refractivity contribution in [2.45, 2.75) is 21.7 Å². The van der Waals surface area contributed by atoms with Gasteiger partial charge in [-0.1, -0.05) is 11.6 Å². The third-order valence-electron chi connectivity index (χ3n) is 4.99. The minimum Gasteiger partial charge on any atom is -0.482 e. The third kappa shape index (κ3) is 5.78. The van der Waals surface area contributed by atoms with E-state index in [1.165, 1.54) is 24.3 Å². The number of piperazine rings is 1.